The standard InChI is InChI=1S/C22H29N5O3S/c1-13(2)10-24-22(31)27-18-12-30-19-17(11-29-20(18)19)26-21-23-9-8-16(25-21)14-4-6-15(28-3)7-5-14/h4-9,13,17-20H,10-12H2,1-3H3,(H,23,25,26)(H2,24,27,31)/t17-,18+,19-,20+/m0/s1. The molecular formula is C22H29N5O3S. The fourth-order valence-electron chi connectivity index (χ4n) is 3.78. The molecule has 0 aliphatic carbocycles. The minimum absolute atomic E-state index is 0.0236. The normalized spacial score (nSPS) is 24.6. The van der Waals surface area contributed by atoms with E-state index in [9.17, 15) is 0 Å². The van der Waals surface area contributed by atoms with E-state index in [0.29, 0.717) is 30.2 Å². The van der Waals surface area contributed by atoms with Gasteiger partial charge in [0.25, 0.3) is 0 Å². The molecule has 1 aromatic carbocycles. The zero-order valence-corrected chi connectivity index (χ0v) is 18.8. The average Bonchev–Trinajstić information content (AvgIpc) is 3.36. The van der Waals surface area contributed by atoms with Crippen molar-refractivity contribution < 1.29 is 14.2 Å². The summed E-state index contributed by atoms with van der Waals surface area (Å²) in [5.41, 5.74) is 1.83. The molecule has 0 unspecified atom stereocenters. The van der Waals surface area contributed by atoms with Gasteiger partial charge in [0.05, 0.1) is 38.1 Å². The second kappa shape index (κ2) is 9.76. The number of nitrogens with one attached hydrogen (secondary N) is 3. The van der Waals surface area contributed by atoms with E-state index in [-0.39, 0.29) is 24.3 Å². The highest BCUT2D eigenvalue weighted by Gasteiger charge is 2.48. The molecule has 166 valence electrons. The number of ether oxygens (including phenoxy) is 3. The van der Waals surface area contributed by atoms with E-state index in [2.05, 4.69) is 39.8 Å². The summed E-state index contributed by atoms with van der Waals surface area (Å²) in [4.78, 5) is 9.04. The van der Waals surface area contributed by atoms with Gasteiger partial charge in [-0.3, -0.25) is 0 Å². The Kier molecular flexibility index (Phi) is 6.84. The number of aromatic nitrogens is 2. The van der Waals surface area contributed by atoms with Crippen LogP contribution < -0.4 is 20.7 Å². The van der Waals surface area contributed by atoms with Crippen LogP contribution in [0.15, 0.2) is 36.5 Å². The second-order valence-electron chi connectivity index (χ2n) is 8.20. The van der Waals surface area contributed by atoms with E-state index < -0.39 is 0 Å². The summed E-state index contributed by atoms with van der Waals surface area (Å²) in [6.45, 7) is 6.19. The highest BCUT2D eigenvalue weighted by atomic mass is 32.1. The summed E-state index contributed by atoms with van der Waals surface area (Å²) >= 11 is 5.40. The molecule has 0 spiro atoms. The van der Waals surface area contributed by atoms with Crippen LogP contribution in [0.3, 0.4) is 0 Å². The lowest BCUT2D eigenvalue weighted by atomic mass is 10.1. The monoisotopic (exact) mass is 443 g/mol. The fourth-order valence-corrected chi connectivity index (χ4v) is 4.01. The Morgan fingerprint density at radius 2 is 1.84 bits per heavy atom. The van der Waals surface area contributed by atoms with Crippen LogP contribution in [0.1, 0.15) is 13.8 Å². The van der Waals surface area contributed by atoms with Crippen molar-refractivity contribution >= 4 is 23.3 Å². The number of thiocarbonyl (C=S) groups is 1. The van der Waals surface area contributed by atoms with E-state index in [4.69, 9.17) is 26.4 Å². The molecule has 0 radical (unpaired) electrons. The number of anilines is 1. The van der Waals surface area contributed by atoms with Crippen molar-refractivity contribution in [2.24, 2.45) is 5.92 Å². The molecule has 2 saturated heterocycles. The molecule has 2 aromatic rings. The number of methoxy groups -OCH3 is 1. The van der Waals surface area contributed by atoms with E-state index in [0.717, 1.165) is 23.6 Å². The maximum Gasteiger partial charge on any atom is 0.223 e. The number of benzene rings is 1. The Bertz CT molecular complexity index is 895. The number of hydrogen-bond donors (Lipinski definition) is 3. The van der Waals surface area contributed by atoms with Crippen LogP contribution in [-0.2, 0) is 9.47 Å². The van der Waals surface area contributed by atoms with Gasteiger partial charge in [0.15, 0.2) is 5.11 Å². The smallest absolute Gasteiger partial charge is 0.223 e. The summed E-state index contributed by atoms with van der Waals surface area (Å²) < 4.78 is 17.3. The number of rotatable bonds is 7. The molecule has 0 saturated carbocycles. The fraction of sp³-hybridized carbons (Fsp3) is 0.500. The van der Waals surface area contributed by atoms with Gasteiger partial charge in [-0.05, 0) is 48.5 Å². The molecule has 3 heterocycles. The molecule has 2 aliphatic heterocycles. The van der Waals surface area contributed by atoms with Crippen molar-refractivity contribution in [1.82, 2.24) is 20.6 Å². The van der Waals surface area contributed by atoms with Gasteiger partial charge in [0, 0.05) is 18.3 Å². The predicted octanol–water partition coefficient (Wildman–Crippen LogP) is 2.22. The third kappa shape index (κ3) is 5.23. The topological polar surface area (TPSA) is 89.6 Å². The summed E-state index contributed by atoms with van der Waals surface area (Å²) in [5, 5.41) is 10.6. The number of hydrogen-bond acceptors (Lipinski definition) is 7. The molecule has 2 aliphatic rings. The van der Waals surface area contributed by atoms with Crippen LogP contribution in [0.4, 0.5) is 5.95 Å². The molecule has 4 rings (SSSR count). The molecule has 0 amide bonds. The van der Waals surface area contributed by atoms with Gasteiger partial charge in [-0.25, -0.2) is 9.97 Å². The van der Waals surface area contributed by atoms with Gasteiger partial charge < -0.3 is 30.2 Å². The lowest BCUT2D eigenvalue weighted by Gasteiger charge is -2.20. The average molecular weight is 444 g/mol. The zero-order chi connectivity index (χ0) is 21.8. The Balaban J connectivity index is 1.36. The van der Waals surface area contributed by atoms with Crippen LogP contribution >= 0.6 is 12.2 Å². The quantitative estimate of drug-likeness (QED) is 0.557. The lowest BCUT2D eigenvalue weighted by molar-refractivity contribution is 0.0688. The van der Waals surface area contributed by atoms with Gasteiger partial charge in [-0.2, -0.15) is 0 Å². The lowest BCUT2D eigenvalue weighted by Crippen LogP contribution is -2.49. The summed E-state index contributed by atoms with van der Waals surface area (Å²) in [7, 11) is 1.65. The van der Waals surface area contributed by atoms with Gasteiger partial charge in [0.2, 0.25) is 5.95 Å². The Morgan fingerprint density at radius 1 is 1.13 bits per heavy atom. The Labute approximate surface area is 188 Å². The van der Waals surface area contributed by atoms with Crippen LogP contribution in [0, 0.1) is 5.92 Å². The highest BCUT2D eigenvalue weighted by molar-refractivity contribution is 7.80. The summed E-state index contributed by atoms with van der Waals surface area (Å²) in [6.07, 6.45) is 1.60. The minimum atomic E-state index is -0.0846. The molecular weight excluding hydrogens is 414 g/mol. The molecule has 2 fully saturated rings. The van der Waals surface area contributed by atoms with Crippen molar-refractivity contribution in [3.8, 4) is 17.0 Å². The third-order valence-electron chi connectivity index (χ3n) is 5.40. The van der Waals surface area contributed by atoms with Crippen LogP contribution in [-0.4, -0.2) is 66.2 Å². The first-order valence-corrected chi connectivity index (χ1v) is 11.0. The number of nitrogens with zero attached hydrogens (tertiary/aromatic N) is 2. The summed E-state index contributed by atoms with van der Waals surface area (Å²) in [6, 6.07) is 9.67. The minimum Gasteiger partial charge on any atom is -0.497 e. The third-order valence-corrected chi connectivity index (χ3v) is 5.66. The molecule has 1 aromatic heterocycles. The first-order valence-electron chi connectivity index (χ1n) is 10.5. The SMILES string of the molecule is COc1ccc(-c2ccnc(N[C@H]3CO[C@H]4[C@H]3OC[C@H]4NC(=S)NCC(C)C)n2)cc1. The number of fused-ring (bicyclic) bond motifs is 1. The Hall–Kier alpha value is -2.49. The van der Waals surface area contributed by atoms with Gasteiger partial charge in [-0.1, -0.05) is 13.8 Å². The van der Waals surface area contributed by atoms with Crippen molar-refractivity contribution in [2.45, 2.75) is 38.1 Å². The molecule has 4 atom stereocenters. The Morgan fingerprint density at radius 3 is 2.55 bits per heavy atom. The van der Waals surface area contributed by atoms with E-state index in [1.807, 2.05) is 30.3 Å². The van der Waals surface area contributed by atoms with Crippen LogP contribution in [0.25, 0.3) is 11.3 Å². The predicted molar refractivity (Wildman–Crippen MR) is 123 cm³/mol. The highest BCUT2D eigenvalue weighted by Crippen LogP contribution is 2.29. The molecule has 9 heteroatoms. The van der Waals surface area contributed by atoms with Crippen LogP contribution in [0.5, 0.6) is 5.75 Å². The second-order valence-corrected chi connectivity index (χ2v) is 8.60. The van der Waals surface area contributed by atoms with Crippen molar-refractivity contribution in [1.29, 1.82) is 0 Å². The summed E-state index contributed by atoms with van der Waals surface area (Å²) in [5.74, 6) is 1.89. The van der Waals surface area contributed by atoms with E-state index in [1.165, 1.54) is 0 Å². The molecule has 0 bridgehead atoms. The first-order chi connectivity index (χ1) is 15.0. The van der Waals surface area contributed by atoms with Crippen LogP contribution in [0.2, 0.25) is 0 Å². The van der Waals surface area contributed by atoms with E-state index in [1.54, 1.807) is 13.3 Å². The van der Waals surface area contributed by atoms with Crippen molar-refractivity contribution in [3.63, 3.8) is 0 Å². The van der Waals surface area contributed by atoms with Gasteiger partial charge in [-0.15, -0.1) is 0 Å². The van der Waals surface area contributed by atoms with Crippen molar-refractivity contribution in [3.05, 3.63) is 36.5 Å². The largest absolute Gasteiger partial charge is 0.497 e. The van der Waals surface area contributed by atoms with Gasteiger partial charge >= 0.3 is 0 Å². The first kappa shape index (κ1) is 21.7. The zero-order valence-electron chi connectivity index (χ0n) is 18.0. The molecule has 8 nitrogen and oxygen atoms in total. The van der Waals surface area contributed by atoms with E-state index >= 15 is 0 Å². The molecule has 31 heavy (non-hydrogen) atoms. The maximum atomic E-state index is 6.03. The van der Waals surface area contributed by atoms with Crippen molar-refractivity contribution in [2.75, 3.05) is 32.2 Å². The maximum absolute atomic E-state index is 6.03. The van der Waals surface area contributed by atoms with Gasteiger partial charge in [0.1, 0.15) is 18.0 Å². The molecule has 3 N–H and O–H groups in total.